The minimum atomic E-state index is 0.296. The molecule has 8 aliphatic carbocycles. The number of ether oxygens (including phenoxy) is 1. The second-order valence-corrected chi connectivity index (χ2v) is 19.2. The largest absolute Gasteiger partial charge is 0.494 e. The fourth-order valence-electron chi connectivity index (χ4n) is 13.7. The summed E-state index contributed by atoms with van der Waals surface area (Å²) in [5.74, 6) is 6.85. The van der Waals surface area contributed by atoms with Gasteiger partial charge in [0, 0.05) is 47.8 Å². The average Bonchev–Trinajstić information content (AvgIpc) is 3.88. The molecule has 0 saturated carbocycles. The van der Waals surface area contributed by atoms with E-state index in [9.17, 15) is 0 Å². The fraction of sp³-hybridized carbons (Fsp3) is 0.640. The van der Waals surface area contributed by atoms with Crippen molar-refractivity contribution in [2.45, 2.75) is 173 Å². The normalized spacial score (nSPS) is 38.1. The molecule has 0 fully saturated rings. The molecule has 0 N–H and O–H groups in total. The highest BCUT2D eigenvalue weighted by Crippen LogP contribution is 2.56. The molecule has 1 aromatic heterocycles. The van der Waals surface area contributed by atoms with Crippen LogP contribution < -0.4 is 0 Å². The van der Waals surface area contributed by atoms with Crippen LogP contribution in [-0.4, -0.2) is 34.0 Å². The summed E-state index contributed by atoms with van der Waals surface area (Å²) >= 11 is 0. The zero-order valence-electron chi connectivity index (χ0n) is 33.2. The maximum absolute atomic E-state index is 6.97. The van der Waals surface area contributed by atoms with Crippen LogP contribution in [0, 0.1) is 29.6 Å². The van der Waals surface area contributed by atoms with Crippen molar-refractivity contribution in [3.63, 3.8) is 0 Å². The lowest BCUT2D eigenvalue weighted by Crippen LogP contribution is -2.48. The molecule has 0 radical (unpaired) electrons. The Morgan fingerprint density at radius 3 is 2.63 bits per heavy atom. The van der Waals surface area contributed by atoms with E-state index in [-0.39, 0.29) is 0 Å². The van der Waals surface area contributed by atoms with Crippen LogP contribution in [0.2, 0.25) is 0 Å². The smallest absolute Gasteiger partial charge is 0.132 e. The molecule has 4 nitrogen and oxygen atoms in total. The van der Waals surface area contributed by atoms with Gasteiger partial charge < -0.3 is 19.0 Å². The number of nitrogens with zero attached hydrogens (tertiary/aromatic N) is 2. The van der Waals surface area contributed by atoms with Crippen LogP contribution in [0.5, 0.6) is 0 Å². The van der Waals surface area contributed by atoms with Gasteiger partial charge in [-0.05, 0) is 156 Å². The lowest BCUT2D eigenvalue weighted by atomic mass is 9.72. The molecule has 0 amide bonds. The summed E-state index contributed by atoms with van der Waals surface area (Å²) in [5.41, 5.74) is 11.8. The van der Waals surface area contributed by atoms with Crippen molar-refractivity contribution >= 4 is 6.08 Å². The minimum absolute atomic E-state index is 0.296. The molecule has 3 heterocycles. The van der Waals surface area contributed by atoms with E-state index in [0.29, 0.717) is 48.0 Å². The maximum atomic E-state index is 6.97. The number of allylic oxidation sites excluding steroid dienone is 6. The monoisotopic (exact) mass is 724 g/mol. The van der Waals surface area contributed by atoms with Gasteiger partial charge >= 0.3 is 0 Å². The molecule has 11 rings (SSSR count). The van der Waals surface area contributed by atoms with Gasteiger partial charge in [0.15, 0.2) is 0 Å². The number of furan rings is 1. The zero-order chi connectivity index (χ0) is 35.9. The Hall–Kier alpha value is -3.14. The molecule has 0 bridgehead atoms. The first-order chi connectivity index (χ1) is 26.6. The number of rotatable bonds is 5. The third-order valence-corrected chi connectivity index (χ3v) is 16.1. The van der Waals surface area contributed by atoms with Crippen molar-refractivity contribution in [2.75, 3.05) is 0 Å². The van der Waals surface area contributed by atoms with Gasteiger partial charge in [0.2, 0.25) is 0 Å². The van der Waals surface area contributed by atoms with Gasteiger partial charge in [-0.1, -0.05) is 62.0 Å². The SMILES string of the molecule is CC1C=C(N(C2C=CC3C(C2)C2=C(CC(C4=CCCCC4C)CC2)N3C2CC=CCC2)C2CC=Cc3oc4c(c32)CCCC4)C2C3=C(CCCC3)OC2C1. The van der Waals surface area contributed by atoms with Gasteiger partial charge in [-0.2, -0.15) is 0 Å². The molecule has 2 aliphatic heterocycles. The van der Waals surface area contributed by atoms with Crippen molar-refractivity contribution in [1.82, 2.24) is 9.80 Å². The Bertz CT molecular complexity index is 1880. The Balaban J connectivity index is 1.01. The number of aryl methyl sites for hydroxylation is 1. The van der Waals surface area contributed by atoms with Crippen LogP contribution in [0.3, 0.4) is 0 Å². The quantitative estimate of drug-likeness (QED) is 0.283. The van der Waals surface area contributed by atoms with E-state index in [4.69, 9.17) is 9.15 Å². The molecule has 54 heavy (non-hydrogen) atoms. The van der Waals surface area contributed by atoms with Crippen LogP contribution in [0.1, 0.15) is 158 Å². The molecule has 286 valence electrons. The summed E-state index contributed by atoms with van der Waals surface area (Å²) < 4.78 is 13.7. The van der Waals surface area contributed by atoms with E-state index in [1.165, 1.54) is 120 Å². The highest BCUT2D eigenvalue weighted by molar-refractivity contribution is 5.57. The van der Waals surface area contributed by atoms with Gasteiger partial charge in [0.25, 0.3) is 0 Å². The van der Waals surface area contributed by atoms with Crippen LogP contribution in [0.4, 0.5) is 0 Å². The summed E-state index contributed by atoms with van der Waals surface area (Å²) in [6, 6.07) is 1.84. The zero-order valence-corrected chi connectivity index (χ0v) is 33.2. The van der Waals surface area contributed by atoms with E-state index in [0.717, 1.165) is 43.3 Å². The average molecular weight is 725 g/mol. The van der Waals surface area contributed by atoms with Crippen molar-refractivity contribution in [3.8, 4) is 0 Å². The molecule has 1 aromatic rings. The first-order valence-corrected chi connectivity index (χ1v) is 22.8. The van der Waals surface area contributed by atoms with Gasteiger partial charge in [-0.3, -0.25) is 0 Å². The maximum Gasteiger partial charge on any atom is 0.132 e. The van der Waals surface area contributed by atoms with E-state index in [2.05, 4.69) is 72.3 Å². The summed E-state index contributed by atoms with van der Waals surface area (Å²) in [6.45, 7) is 4.98. The third-order valence-electron chi connectivity index (χ3n) is 16.1. The molecule has 4 heteroatoms. The summed E-state index contributed by atoms with van der Waals surface area (Å²) in [7, 11) is 0. The first kappa shape index (κ1) is 34.1. The Morgan fingerprint density at radius 1 is 0.815 bits per heavy atom. The van der Waals surface area contributed by atoms with Crippen molar-refractivity contribution < 1.29 is 9.15 Å². The summed E-state index contributed by atoms with van der Waals surface area (Å²) in [6.07, 6.45) is 45.8. The topological polar surface area (TPSA) is 28.9 Å². The second kappa shape index (κ2) is 13.8. The Kier molecular flexibility index (Phi) is 8.73. The highest BCUT2D eigenvalue weighted by Gasteiger charge is 2.51. The highest BCUT2D eigenvalue weighted by atomic mass is 16.5. The molecule has 10 atom stereocenters. The predicted octanol–water partition coefficient (Wildman–Crippen LogP) is 12.2. The van der Waals surface area contributed by atoms with Crippen molar-refractivity contribution in [2.24, 2.45) is 29.6 Å². The van der Waals surface area contributed by atoms with Gasteiger partial charge in [-0.15, -0.1) is 0 Å². The van der Waals surface area contributed by atoms with Crippen LogP contribution >= 0.6 is 0 Å². The number of hydrogen-bond acceptors (Lipinski definition) is 4. The molecule has 0 saturated heterocycles. The number of hydrogen-bond donors (Lipinski definition) is 0. The standard InChI is InChI=1S/C50H64N2O2/c1-31-27-44(50-39-18-9-11-21-46(39)54-48(50)28-31)52(42-19-12-22-47-49(42)38-17-8-10-20-45(38)53-47)35-24-26-41-40(30-35)37-25-23-33(36-16-7-6-13-32(36)2)29-43(37)51(41)34-14-4-3-5-15-34/h3-4,12,16,22,24,26-27,31-35,40-42,48,50H,5-11,13-15,17-21,23,25,28-30H2,1-2H3. The van der Waals surface area contributed by atoms with Gasteiger partial charge in [-0.25, -0.2) is 0 Å². The third kappa shape index (κ3) is 5.56. The summed E-state index contributed by atoms with van der Waals surface area (Å²) in [5, 5.41) is 0. The van der Waals surface area contributed by atoms with E-state index in [1.54, 1.807) is 28.1 Å². The van der Waals surface area contributed by atoms with Gasteiger partial charge in [0.05, 0.1) is 23.8 Å². The van der Waals surface area contributed by atoms with Crippen LogP contribution in [0.25, 0.3) is 6.08 Å². The van der Waals surface area contributed by atoms with E-state index in [1.807, 2.05) is 5.57 Å². The van der Waals surface area contributed by atoms with Crippen molar-refractivity contribution in [1.29, 1.82) is 0 Å². The van der Waals surface area contributed by atoms with Crippen LogP contribution in [-0.2, 0) is 17.6 Å². The fourth-order valence-corrected chi connectivity index (χ4v) is 13.7. The van der Waals surface area contributed by atoms with Crippen molar-refractivity contribution in [3.05, 3.63) is 99.1 Å². The lowest BCUT2D eigenvalue weighted by Gasteiger charge is -2.49. The number of fused-ring (bicyclic) bond motifs is 7. The predicted molar refractivity (Wildman–Crippen MR) is 218 cm³/mol. The second-order valence-electron chi connectivity index (χ2n) is 19.2. The molecule has 10 unspecified atom stereocenters. The van der Waals surface area contributed by atoms with Gasteiger partial charge in [0.1, 0.15) is 17.6 Å². The lowest BCUT2D eigenvalue weighted by molar-refractivity contribution is 0.0668. The molecular formula is C50H64N2O2. The summed E-state index contributed by atoms with van der Waals surface area (Å²) in [4.78, 5) is 6.05. The van der Waals surface area contributed by atoms with Crippen LogP contribution in [0.15, 0.2) is 80.8 Å². The Morgan fingerprint density at radius 2 is 1.72 bits per heavy atom. The van der Waals surface area contributed by atoms with E-state index >= 15 is 0 Å². The molecule has 0 aromatic carbocycles. The molecular weight excluding hydrogens is 661 g/mol. The van der Waals surface area contributed by atoms with E-state index < -0.39 is 0 Å². The first-order valence-electron chi connectivity index (χ1n) is 22.8. The molecule has 0 spiro atoms. The molecule has 10 aliphatic rings. The Labute approximate surface area is 325 Å². The minimum Gasteiger partial charge on any atom is -0.494 e.